The van der Waals surface area contributed by atoms with Crippen LogP contribution in [0.25, 0.3) is 10.9 Å². The van der Waals surface area contributed by atoms with Crippen molar-refractivity contribution in [2.45, 2.75) is 44.0 Å². The summed E-state index contributed by atoms with van der Waals surface area (Å²) >= 11 is 3.53. The first-order valence-corrected chi connectivity index (χ1v) is 12.1. The fourth-order valence-corrected chi connectivity index (χ4v) is 5.76. The predicted octanol–water partition coefficient (Wildman–Crippen LogP) is 5.00. The lowest BCUT2D eigenvalue weighted by Crippen LogP contribution is -2.22. The minimum atomic E-state index is -3.75. The van der Waals surface area contributed by atoms with Gasteiger partial charge in [-0.1, -0.05) is 17.7 Å². The fraction of sp³-hybridized carbons (Fsp3) is 0.364. The molecule has 0 aliphatic carbocycles. The summed E-state index contributed by atoms with van der Waals surface area (Å²) in [6, 6.07) is 10.4. The first kappa shape index (κ1) is 21.4. The molecular formula is C22H24BrNO5S. The predicted molar refractivity (Wildman–Crippen MR) is 118 cm³/mol. The maximum Gasteiger partial charge on any atom is 0.268 e. The van der Waals surface area contributed by atoms with Crippen molar-refractivity contribution >= 4 is 36.9 Å². The summed E-state index contributed by atoms with van der Waals surface area (Å²) in [6.07, 6.45) is 4.30. The molecule has 1 fully saturated rings. The molecule has 0 spiro atoms. The molecule has 4 rings (SSSR count). The van der Waals surface area contributed by atoms with Crippen molar-refractivity contribution in [1.29, 1.82) is 0 Å². The van der Waals surface area contributed by atoms with Crippen LogP contribution in [0.15, 0.2) is 52.0 Å². The smallest absolute Gasteiger partial charge is 0.268 e. The third kappa shape index (κ3) is 4.01. The minimum Gasteiger partial charge on any atom is -0.496 e. The average Bonchev–Trinajstić information content (AvgIpc) is 3.21. The standard InChI is InChI=1S/C22H24BrNO5S/c1-15-6-8-16(9-7-15)30(25,26)24-11-10-17-18(14-29-21-5-3-4-12-28-21)20(27-2)13-19(23)22(17)24/h6-11,13,21H,3-5,12,14H2,1-2H3. The summed E-state index contributed by atoms with van der Waals surface area (Å²) in [5.41, 5.74) is 2.35. The zero-order valence-corrected chi connectivity index (χ0v) is 19.3. The zero-order valence-electron chi connectivity index (χ0n) is 16.9. The molecule has 160 valence electrons. The van der Waals surface area contributed by atoms with Gasteiger partial charge in [0.25, 0.3) is 10.0 Å². The summed E-state index contributed by atoms with van der Waals surface area (Å²) in [4.78, 5) is 0.238. The summed E-state index contributed by atoms with van der Waals surface area (Å²) in [7, 11) is -2.16. The Kier molecular flexibility index (Phi) is 6.20. The van der Waals surface area contributed by atoms with E-state index in [1.54, 1.807) is 49.7 Å². The van der Waals surface area contributed by atoms with E-state index in [4.69, 9.17) is 14.2 Å². The quantitative estimate of drug-likeness (QED) is 0.483. The normalized spacial score (nSPS) is 17.4. The number of fused-ring (bicyclic) bond motifs is 1. The van der Waals surface area contributed by atoms with Gasteiger partial charge >= 0.3 is 0 Å². The van der Waals surface area contributed by atoms with Crippen molar-refractivity contribution < 1.29 is 22.6 Å². The number of hydrogen-bond acceptors (Lipinski definition) is 5. The second-order valence-corrected chi connectivity index (χ2v) is 10.0. The van der Waals surface area contributed by atoms with Gasteiger partial charge in [-0.2, -0.15) is 0 Å². The van der Waals surface area contributed by atoms with Crippen LogP contribution in [0.5, 0.6) is 5.75 Å². The highest BCUT2D eigenvalue weighted by Gasteiger charge is 2.24. The maximum atomic E-state index is 13.3. The van der Waals surface area contributed by atoms with Crippen LogP contribution < -0.4 is 4.74 Å². The Bertz CT molecular complexity index is 1150. The van der Waals surface area contributed by atoms with Crippen LogP contribution in [0.4, 0.5) is 0 Å². The van der Waals surface area contributed by atoms with Gasteiger partial charge in [-0.05, 0) is 66.4 Å². The highest BCUT2D eigenvalue weighted by molar-refractivity contribution is 9.10. The molecule has 1 aromatic heterocycles. The highest BCUT2D eigenvalue weighted by atomic mass is 79.9. The van der Waals surface area contributed by atoms with Crippen LogP contribution in [-0.4, -0.2) is 32.4 Å². The lowest BCUT2D eigenvalue weighted by Gasteiger charge is -2.23. The van der Waals surface area contributed by atoms with Gasteiger partial charge in [0, 0.05) is 28.2 Å². The molecule has 0 N–H and O–H groups in total. The van der Waals surface area contributed by atoms with Crippen LogP contribution >= 0.6 is 15.9 Å². The van der Waals surface area contributed by atoms with E-state index in [1.807, 2.05) is 6.92 Å². The van der Waals surface area contributed by atoms with Gasteiger partial charge in [0.2, 0.25) is 0 Å². The van der Waals surface area contributed by atoms with E-state index in [2.05, 4.69) is 15.9 Å². The van der Waals surface area contributed by atoms with Crippen LogP contribution in [-0.2, 0) is 26.1 Å². The number of methoxy groups -OCH3 is 1. The van der Waals surface area contributed by atoms with Gasteiger partial charge in [-0.3, -0.25) is 0 Å². The Balaban J connectivity index is 1.77. The average molecular weight is 494 g/mol. The Morgan fingerprint density at radius 3 is 2.63 bits per heavy atom. The van der Waals surface area contributed by atoms with Crippen LogP contribution in [0, 0.1) is 6.92 Å². The number of aromatic nitrogens is 1. The molecule has 0 amide bonds. The van der Waals surface area contributed by atoms with Gasteiger partial charge in [0.05, 0.1) is 24.1 Å². The van der Waals surface area contributed by atoms with Crippen molar-refractivity contribution in [3.05, 3.63) is 58.2 Å². The van der Waals surface area contributed by atoms with Gasteiger partial charge in [0.1, 0.15) is 5.75 Å². The number of aryl methyl sites for hydroxylation is 1. The van der Waals surface area contributed by atoms with E-state index in [0.717, 1.165) is 35.8 Å². The van der Waals surface area contributed by atoms with Crippen molar-refractivity contribution in [3.8, 4) is 5.75 Å². The molecule has 1 aliphatic rings. The number of ether oxygens (including phenoxy) is 3. The van der Waals surface area contributed by atoms with Crippen molar-refractivity contribution in [2.75, 3.05) is 13.7 Å². The van der Waals surface area contributed by atoms with Gasteiger partial charge in [-0.25, -0.2) is 12.4 Å². The molecule has 1 unspecified atom stereocenters. The Morgan fingerprint density at radius 1 is 1.20 bits per heavy atom. The second-order valence-electron chi connectivity index (χ2n) is 7.34. The van der Waals surface area contributed by atoms with E-state index in [9.17, 15) is 8.42 Å². The van der Waals surface area contributed by atoms with Crippen LogP contribution in [0.1, 0.15) is 30.4 Å². The minimum absolute atomic E-state index is 0.238. The number of hydrogen-bond donors (Lipinski definition) is 0. The Labute approximate surface area is 184 Å². The van der Waals surface area contributed by atoms with E-state index < -0.39 is 10.0 Å². The molecule has 3 aromatic rings. The lowest BCUT2D eigenvalue weighted by molar-refractivity contribution is -0.168. The van der Waals surface area contributed by atoms with Crippen molar-refractivity contribution in [1.82, 2.24) is 3.97 Å². The molecule has 30 heavy (non-hydrogen) atoms. The molecule has 2 aromatic carbocycles. The van der Waals surface area contributed by atoms with E-state index in [-0.39, 0.29) is 17.8 Å². The summed E-state index contributed by atoms with van der Waals surface area (Å²) in [6.45, 7) is 2.89. The third-order valence-corrected chi connectivity index (χ3v) is 7.60. The number of nitrogens with zero attached hydrogens (tertiary/aromatic N) is 1. The molecule has 2 heterocycles. The van der Waals surface area contributed by atoms with Gasteiger partial charge in [0.15, 0.2) is 6.29 Å². The monoisotopic (exact) mass is 493 g/mol. The molecule has 0 saturated carbocycles. The molecule has 1 saturated heterocycles. The maximum absolute atomic E-state index is 13.3. The third-order valence-electron chi connectivity index (χ3n) is 5.31. The molecule has 1 aliphatic heterocycles. The number of halogens is 1. The molecule has 6 nitrogen and oxygen atoms in total. The van der Waals surface area contributed by atoms with Crippen LogP contribution in [0.2, 0.25) is 0 Å². The summed E-state index contributed by atoms with van der Waals surface area (Å²) in [5.74, 6) is 0.635. The molecule has 0 radical (unpaired) electrons. The Hall–Kier alpha value is -1.87. The van der Waals surface area contributed by atoms with Crippen molar-refractivity contribution in [3.63, 3.8) is 0 Å². The first-order valence-electron chi connectivity index (χ1n) is 9.83. The van der Waals surface area contributed by atoms with Gasteiger partial charge < -0.3 is 14.2 Å². The number of rotatable bonds is 6. The lowest BCUT2D eigenvalue weighted by atomic mass is 10.1. The van der Waals surface area contributed by atoms with E-state index in [0.29, 0.717) is 22.3 Å². The van der Waals surface area contributed by atoms with Crippen LogP contribution in [0.3, 0.4) is 0 Å². The van der Waals surface area contributed by atoms with Crippen molar-refractivity contribution in [2.24, 2.45) is 0 Å². The highest BCUT2D eigenvalue weighted by Crippen LogP contribution is 2.37. The summed E-state index contributed by atoms with van der Waals surface area (Å²) in [5, 5.41) is 0.757. The molecular weight excluding hydrogens is 470 g/mol. The molecule has 0 bridgehead atoms. The topological polar surface area (TPSA) is 66.8 Å². The largest absolute Gasteiger partial charge is 0.496 e. The number of benzene rings is 2. The second kappa shape index (κ2) is 8.70. The molecule has 8 heteroatoms. The SMILES string of the molecule is COc1cc(Br)c2c(ccn2S(=O)(=O)c2ccc(C)cc2)c1COC1CCCCO1. The van der Waals surface area contributed by atoms with E-state index in [1.165, 1.54) is 3.97 Å². The van der Waals surface area contributed by atoms with Gasteiger partial charge in [-0.15, -0.1) is 0 Å². The van der Waals surface area contributed by atoms with E-state index >= 15 is 0 Å². The fourth-order valence-electron chi connectivity index (χ4n) is 3.67. The summed E-state index contributed by atoms with van der Waals surface area (Å²) < 4.78 is 45.7. The zero-order chi connectivity index (χ0) is 21.3. The Morgan fingerprint density at radius 2 is 1.97 bits per heavy atom. The molecule has 1 atom stereocenters. The first-order chi connectivity index (χ1) is 14.4.